The summed E-state index contributed by atoms with van der Waals surface area (Å²) in [5.41, 5.74) is 3.13. The summed E-state index contributed by atoms with van der Waals surface area (Å²) >= 11 is 7.60. The van der Waals surface area contributed by atoms with Gasteiger partial charge in [-0.3, -0.25) is 0 Å². The van der Waals surface area contributed by atoms with Crippen LogP contribution in [0.1, 0.15) is 90.2 Å². The standard InChI is InChI=1S/C22H36Br2/c1-5-9-11-17(7-3)15-19-13-14-21(23)22(24)20(19)16-18(8-4)12-10-6-2/h13-14,17-18H,5-12,15-16H2,1-4H3. The lowest BCUT2D eigenvalue weighted by Crippen LogP contribution is -2.10. The van der Waals surface area contributed by atoms with Crippen molar-refractivity contribution in [2.45, 2.75) is 91.9 Å². The van der Waals surface area contributed by atoms with Gasteiger partial charge < -0.3 is 0 Å². The van der Waals surface area contributed by atoms with E-state index in [1.165, 1.54) is 73.2 Å². The summed E-state index contributed by atoms with van der Waals surface area (Å²) in [5.74, 6) is 1.64. The fourth-order valence-corrected chi connectivity index (χ4v) is 4.45. The molecule has 0 bridgehead atoms. The molecule has 0 spiro atoms. The number of hydrogen-bond acceptors (Lipinski definition) is 0. The lowest BCUT2D eigenvalue weighted by atomic mass is 9.85. The maximum absolute atomic E-state index is 3.87. The van der Waals surface area contributed by atoms with Gasteiger partial charge in [0, 0.05) is 8.95 Å². The molecule has 0 nitrogen and oxygen atoms in total. The molecular weight excluding hydrogens is 424 g/mol. The molecule has 1 aromatic rings. The van der Waals surface area contributed by atoms with Gasteiger partial charge in [0.25, 0.3) is 0 Å². The molecule has 0 aromatic heterocycles. The first kappa shape index (κ1) is 22.2. The van der Waals surface area contributed by atoms with Gasteiger partial charge in [-0.25, -0.2) is 0 Å². The number of rotatable bonds is 12. The summed E-state index contributed by atoms with van der Waals surface area (Å²) in [4.78, 5) is 0. The molecule has 2 unspecified atom stereocenters. The highest BCUT2D eigenvalue weighted by Crippen LogP contribution is 2.34. The van der Waals surface area contributed by atoms with E-state index in [-0.39, 0.29) is 0 Å². The summed E-state index contributed by atoms with van der Waals surface area (Å²) < 4.78 is 2.49. The van der Waals surface area contributed by atoms with Gasteiger partial charge in [0.1, 0.15) is 0 Å². The van der Waals surface area contributed by atoms with Gasteiger partial charge in [-0.05, 0) is 73.7 Å². The van der Waals surface area contributed by atoms with Crippen LogP contribution in [0.25, 0.3) is 0 Å². The van der Waals surface area contributed by atoms with E-state index in [0.29, 0.717) is 0 Å². The minimum atomic E-state index is 0.810. The molecule has 1 rings (SSSR count). The van der Waals surface area contributed by atoms with Crippen LogP contribution < -0.4 is 0 Å². The highest BCUT2D eigenvalue weighted by molar-refractivity contribution is 9.13. The van der Waals surface area contributed by atoms with Crippen LogP contribution in [0, 0.1) is 11.8 Å². The van der Waals surface area contributed by atoms with Crippen molar-refractivity contribution in [2.75, 3.05) is 0 Å². The number of hydrogen-bond donors (Lipinski definition) is 0. The summed E-state index contributed by atoms with van der Waals surface area (Å²) in [7, 11) is 0. The van der Waals surface area contributed by atoms with E-state index in [0.717, 1.165) is 11.8 Å². The summed E-state index contributed by atoms with van der Waals surface area (Å²) in [6.45, 7) is 9.30. The summed E-state index contributed by atoms with van der Waals surface area (Å²) in [6, 6.07) is 4.59. The van der Waals surface area contributed by atoms with Crippen molar-refractivity contribution in [3.63, 3.8) is 0 Å². The van der Waals surface area contributed by atoms with Crippen molar-refractivity contribution >= 4 is 31.9 Å². The van der Waals surface area contributed by atoms with Crippen LogP contribution >= 0.6 is 31.9 Å². The molecule has 0 N–H and O–H groups in total. The first-order valence-electron chi connectivity index (χ1n) is 10.0. The number of halogens is 2. The highest BCUT2D eigenvalue weighted by Gasteiger charge is 2.17. The van der Waals surface area contributed by atoms with Gasteiger partial charge >= 0.3 is 0 Å². The van der Waals surface area contributed by atoms with Gasteiger partial charge in [0.2, 0.25) is 0 Å². The quantitative estimate of drug-likeness (QED) is 0.293. The fraction of sp³-hybridized carbons (Fsp3) is 0.727. The third kappa shape index (κ3) is 7.20. The average molecular weight is 460 g/mol. The molecule has 0 saturated heterocycles. The topological polar surface area (TPSA) is 0 Å². The van der Waals surface area contributed by atoms with Crippen LogP contribution in [-0.4, -0.2) is 0 Å². The van der Waals surface area contributed by atoms with Crippen LogP contribution in [0.2, 0.25) is 0 Å². The van der Waals surface area contributed by atoms with Crippen molar-refractivity contribution in [2.24, 2.45) is 11.8 Å². The van der Waals surface area contributed by atoms with Crippen LogP contribution in [0.5, 0.6) is 0 Å². The lowest BCUT2D eigenvalue weighted by molar-refractivity contribution is 0.433. The second-order valence-corrected chi connectivity index (χ2v) is 8.89. The van der Waals surface area contributed by atoms with E-state index in [1.807, 2.05) is 0 Å². The molecule has 138 valence electrons. The molecule has 1 aromatic carbocycles. The summed E-state index contributed by atoms with van der Waals surface area (Å²) in [6.07, 6.45) is 13.1. The molecule has 0 aliphatic carbocycles. The smallest absolute Gasteiger partial charge is 0.0352 e. The van der Waals surface area contributed by atoms with Gasteiger partial charge in [-0.1, -0.05) is 85.1 Å². The van der Waals surface area contributed by atoms with E-state index in [1.54, 1.807) is 11.1 Å². The predicted molar refractivity (Wildman–Crippen MR) is 116 cm³/mol. The summed E-state index contributed by atoms with van der Waals surface area (Å²) in [5, 5.41) is 0. The van der Waals surface area contributed by atoms with Crippen LogP contribution in [0.4, 0.5) is 0 Å². The number of unbranched alkanes of at least 4 members (excludes halogenated alkanes) is 2. The van der Waals surface area contributed by atoms with Crippen molar-refractivity contribution in [1.82, 2.24) is 0 Å². The third-order valence-corrected chi connectivity index (χ3v) is 7.48. The largest absolute Gasteiger partial charge is 0.0654 e. The van der Waals surface area contributed by atoms with Gasteiger partial charge in [-0.2, -0.15) is 0 Å². The van der Waals surface area contributed by atoms with Crippen molar-refractivity contribution < 1.29 is 0 Å². The Labute approximate surface area is 167 Å². The van der Waals surface area contributed by atoms with E-state index in [2.05, 4.69) is 71.7 Å². The molecule has 0 saturated carbocycles. The number of benzene rings is 1. The Morgan fingerprint density at radius 2 is 1.33 bits per heavy atom. The van der Waals surface area contributed by atoms with Crippen molar-refractivity contribution in [3.05, 3.63) is 32.2 Å². The Hall–Kier alpha value is 0.180. The van der Waals surface area contributed by atoms with Gasteiger partial charge in [0.15, 0.2) is 0 Å². The molecule has 0 heterocycles. The van der Waals surface area contributed by atoms with Gasteiger partial charge in [0.05, 0.1) is 0 Å². The van der Waals surface area contributed by atoms with Crippen LogP contribution in [0.3, 0.4) is 0 Å². The highest BCUT2D eigenvalue weighted by atomic mass is 79.9. The Morgan fingerprint density at radius 3 is 1.83 bits per heavy atom. The predicted octanol–water partition coefficient (Wildman–Crippen LogP) is 8.73. The second kappa shape index (κ2) is 12.5. The SMILES string of the molecule is CCCCC(CC)Cc1ccc(Br)c(Br)c1CC(CC)CCCC. The zero-order valence-corrected chi connectivity index (χ0v) is 19.3. The molecule has 0 fully saturated rings. The molecule has 0 radical (unpaired) electrons. The zero-order valence-electron chi connectivity index (χ0n) is 16.1. The van der Waals surface area contributed by atoms with E-state index in [4.69, 9.17) is 0 Å². The molecule has 0 amide bonds. The maximum Gasteiger partial charge on any atom is 0.0352 e. The monoisotopic (exact) mass is 458 g/mol. The van der Waals surface area contributed by atoms with E-state index < -0.39 is 0 Å². The minimum absolute atomic E-state index is 0.810. The Bertz CT molecular complexity index is 467. The average Bonchev–Trinajstić information content (AvgIpc) is 2.60. The maximum atomic E-state index is 3.87. The molecule has 0 aliphatic heterocycles. The first-order valence-corrected chi connectivity index (χ1v) is 11.6. The van der Waals surface area contributed by atoms with E-state index >= 15 is 0 Å². The van der Waals surface area contributed by atoms with Gasteiger partial charge in [-0.15, -0.1) is 0 Å². The van der Waals surface area contributed by atoms with Crippen molar-refractivity contribution in [3.8, 4) is 0 Å². The van der Waals surface area contributed by atoms with Crippen molar-refractivity contribution in [1.29, 1.82) is 0 Å². The molecule has 2 atom stereocenters. The second-order valence-electron chi connectivity index (χ2n) is 7.24. The van der Waals surface area contributed by atoms with E-state index in [9.17, 15) is 0 Å². The molecule has 24 heavy (non-hydrogen) atoms. The zero-order chi connectivity index (χ0) is 17.9. The van der Waals surface area contributed by atoms with Crippen LogP contribution in [0.15, 0.2) is 21.1 Å². The Balaban J connectivity index is 2.97. The van der Waals surface area contributed by atoms with Crippen LogP contribution in [-0.2, 0) is 12.8 Å². The Morgan fingerprint density at radius 1 is 0.792 bits per heavy atom. The fourth-order valence-electron chi connectivity index (χ4n) is 3.53. The molecular formula is C22H36Br2. The third-order valence-electron chi connectivity index (χ3n) is 5.38. The minimum Gasteiger partial charge on any atom is -0.0654 e. The first-order chi connectivity index (χ1) is 11.6. The molecule has 2 heteroatoms. The normalized spacial score (nSPS) is 13.9. The Kier molecular flexibility index (Phi) is 11.6. The lowest BCUT2D eigenvalue weighted by Gasteiger charge is -2.22. The molecule has 0 aliphatic rings.